The molecular weight excluding hydrogens is 336 g/mol. The average Bonchev–Trinajstić information content (AvgIpc) is 2.60. The number of nitrogens with zero attached hydrogens (tertiary/aromatic N) is 1. The third-order valence-corrected chi connectivity index (χ3v) is 3.98. The Morgan fingerprint density at radius 2 is 1.88 bits per heavy atom. The summed E-state index contributed by atoms with van der Waals surface area (Å²) < 4.78 is 5.22. The van der Waals surface area contributed by atoms with Crippen LogP contribution in [0.3, 0.4) is 0 Å². The second-order valence-corrected chi connectivity index (χ2v) is 5.96. The van der Waals surface area contributed by atoms with E-state index in [0.717, 1.165) is 33.6 Å². The van der Waals surface area contributed by atoms with Crippen molar-refractivity contribution in [2.45, 2.75) is 6.92 Å². The molecule has 1 aromatic heterocycles. The lowest BCUT2D eigenvalue weighted by atomic mass is 10.1. The molecule has 0 spiro atoms. The van der Waals surface area contributed by atoms with E-state index in [1.165, 1.54) is 6.92 Å². The van der Waals surface area contributed by atoms with Crippen LogP contribution in [0.2, 0.25) is 5.02 Å². The van der Waals surface area contributed by atoms with Gasteiger partial charge in [-0.15, -0.1) is 0 Å². The fraction of sp³-hybridized carbons (Fsp3) is 0.100. The van der Waals surface area contributed by atoms with Gasteiger partial charge in [-0.2, -0.15) is 0 Å². The first-order valence-corrected chi connectivity index (χ1v) is 8.13. The number of fused-ring (bicyclic) bond motifs is 1. The largest absolute Gasteiger partial charge is 0.497 e. The Balaban J connectivity index is 1.84. The predicted octanol–water partition coefficient (Wildman–Crippen LogP) is 5.03. The molecule has 0 saturated heterocycles. The molecule has 25 heavy (non-hydrogen) atoms. The number of aromatic nitrogens is 1. The molecule has 0 saturated carbocycles. The van der Waals surface area contributed by atoms with Gasteiger partial charge in [0.15, 0.2) is 0 Å². The van der Waals surface area contributed by atoms with Crippen molar-refractivity contribution in [3.63, 3.8) is 0 Å². The number of hydrogen-bond donors (Lipinski definition) is 1. The van der Waals surface area contributed by atoms with Crippen LogP contribution in [0.15, 0.2) is 48.5 Å². The van der Waals surface area contributed by atoms with E-state index in [-0.39, 0.29) is 5.91 Å². The van der Waals surface area contributed by atoms with E-state index < -0.39 is 0 Å². The standard InChI is InChI=1S/C20H17ClN2O2/c1-13(24)22-15-6-3-14(4-7-15)5-8-16-11-19(21)18-12-17(25-2)9-10-20(18)23-16/h3-12H,1-2H3,(H,22,24)/b8-5+. The van der Waals surface area contributed by atoms with E-state index in [9.17, 15) is 4.79 Å². The summed E-state index contributed by atoms with van der Waals surface area (Å²) in [6.07, 6.45) is 3.86. The predicted molar refractivity (Wildman–Crippen MR) is 103 cm³/mol. The number of methoxy groups -OCH3 is 1. The zero-order chi connectivity index (χ0) is 17.8. The second kappa shape index (κ2) is 7.36. The fourth-order valence-corrected chi connectivity index (χ4v) is 2.72. The van der Waals surface area contributed by atoms with Crippen molar-refractivity contribution in [3.8, 4) is 5.75 Å². The molecule has 4 nitrogen and oxygen atoms in total. The summed E-state index contributed by atoms with van der Waals surface area (Å²) in [4.78, 5) is 15.6. The molecule has 5 heteroatoms. The van der Waals surface area contributed by atoms with Gasteiger partial charge in [-0.25, -0.2) is 4.98 Å². The van der Waals surface area contributed by atoms with Crippen LogP contribution in [-0.2, 0) is 4.79 Å². The number of anilines is 1. The number of benzene rings is 2. The van der Waals surface area contributed by atoms with Crippen molar-refractivity contribution >= 4 is 46.3 Å². The van der Waals surface area contributed by atoms with E-state index in [1.807, 2.05) is 60.7 Å². The monoisotopic (exact) mass is 352 g/mol. The number of carbonyl (C=O) groups excluding carboxylic acids is 1. The molecule has 0 radical (unpaired) electrons. The highest BCUT2D eigenvalue weighted by atomic mass is 35.5. The van der Waals surface area contributed by atoms with Crippen molar-refractivity contribution in [2.75, 3.05) is 12.4 Å². The Kier molecular flexibility index (Phi) is 5.00. The Hall–Kier alpha value is -2.85. The maximum atomic E-state index is 11.0. The highest BCUT2D eigenvalue weighted by molar-refractivity contribution is 6.35. The number of pyridine rings is 1. The average molecular weight is 353 g/mol. The Labute approximate surface area is 151 Å². The molecule has 3 aromatic rings. The summed E-state index contributed by atoms with van der Waals surface area (Å²) in [6.45, 7) is 1.48. The van der Waals surface area contributed by atoms with Crippen LogP contribution in [0, 0.1) is 0 Å². The summed E-state index contributed by atoms with van der Waals surface area (Å²) in [5.74, 6) is 0.661. The maximum Gasteiger partial charge on any atom is 0.221 e. The number of ether oxygens (including phenoxy) is 1. The van der Waals surface area contributed by atoms with Gasteiger partial charge in [-0.3, -0.25) is 4.79 Å². The lowest BCUT2D eigenvalue weighted by molar-refractivity contribution is -0.114. The van der Waals surface area contributed by atoms with E-state index >= 15 is 0 Å². The number of rotatable bonds is 4. The van der Waals surface area contributed by atoms with Crippen LogP contribution in [-0.4, -0.2) is 18.0 Å². The van der Waals surface area contributed by atoms with E-state index in [0.29, 0.717) is 5.02 Å². The zero-order valence-electron chi connectivity index (χ0n) is 13.9. The van der Waals surface area contributed by atoms with Crippen LogP contribution in [0.5, 0.6) is 5.75 Å². The summed E-state index contributed by atoms with van der Waals surface area (Å²) in [7, 11) is 1.62. The smallest absolute Gasteiger partial charge is 0.221 e. The van der Waals surface area contributed by atoms with Crippen LogP contribution in [0.25, 0.3) is 23.1 Å². The first kappa shape index (κ1) is 17.0. The van der Waals surface area contributed by atoms with Crippen LogP contribution >= 0.6 is 11.6 Å². The fourth-order valence-electron chi connectivity index (χ4n) is 2.46. The molecule has 0 unspecified atom stereocenters. The van der Waals surface area contributed by atoms with Crippen molar-refractivity contribution in [3.05, 3.63) is 64.8 Å². The van der Waals surface area contributed by atoms with E-state index in [2.05, 4.69) is 10.3 Å². The number of hydrogen-bond acceptors (Lipinski definition) is 3. The third-order valence-electron chi connectivity index (χ3n) is 3.66. The number of carbonyl (C=O) groups is 1. The van der Waals surface area contributed by atoms with Gasteiger partial charge < -0.3 is 10.1 Å². The molecule has 0 aliphatic carbocycles. The minimum absolute atomic E-state index is 0.0880. The van der Waals surface area contributed by atoms with Crippen molar-refractivity contribution in [2.24, 2.45) is 0 Å². The summed E-state index contributed by atoms with van der Waals surface area (Å²) in [6, 6.07) is 15.0. The second-order valence-electron chi connectivity index (χ2n) is 5.55. The first-order chi connectivity index (χ1) is 12.0. The lowest BCUT2D eigenvalue weighted by Crippen LogP contribution is -2.05. The molecular formula is C20H17ClN2O2. The molecule has 0 atom stereocenters. The van der Waals surface area contributed by atoms with Gasteiger partial charge in [0.25, 0.3) is 0 Å². The van der Waals surface area contributed by atoms with Gasteiger partial charge in [0.2, 0.25) is 5.91 Å². The summed E-state index contributed by atoms with van der Waals surface area (Å²) in [5, 5.41) is 4.23. The summed E-state index contributed by atoms with van der Waals surface area (Å²) in [5.41, 5.74) is 3.36. The van der Waals surface area contributed by atoms with Crippen molar-refractivity contribution in [1.82, 2.24) is 4.98 Å². The van der Waals surface area contributed by atoms with Crippen LogP contribution in [0.4, 0.5) is 5.69 Å². The quantitative estimate of drug-likeness (QED) is 0.716. The number of amides is 1. The Bertz CT molecular complexity index is 950. The first-order valence-electron chi connectivity index (χ1n) is 7.75. The molecule has 1 N–H and O–H groups in total. The van der Waals surface area contributed by atoms with Gasteiger partial charge in [-0.1, -0.05) is 29.8 Å². The van der Waals surface area contributed by atoms with Crippen LogP contribution in [0.1, 0.15) is 18.2 Å². The molecule has 2 aromatic carbocycles. The van der Waals surface area contributed by atoms with Gasteiger partial charge in [0.1, 0.15) is 5.75 Å². The molecule has 0 aliphatic heterocycles. The topological polar surface area (TPSA) is 51.2 Å². The molecule has 1 heterocycles. The molecule has 0 bridgehead atoms. The van der Waals surface area contributed by atoms with E-state index in [1.54, 1.807) is 7.11 Å². The summed E-state index contributed by atoms with van der Waals surface area (Å²) >= 11 is 6.37. The number of nitrogens with one attached hydrogen (secondary N) is 1. The molecule has 0 fully saturated rings. The Morgan fingerprint density at radius 3 is 2.56 bits per heavy atom. The third kappa shape index (κ3) is 4.17. The van der Waals surface area contributed by atoms with Crippen molar-refractivity contribution < 1.29 is 9.53 Å². The molecule has 1 amide bonds. The minimum atomic E-state index is -0.0880. The molecule has 3 rings (SSSR count). The Morgan fingerprint density at radius 1 is 1.12 bits per heavy atom. The highest BCUT2D eigenvalue weighted by Crippen LogP contribution is 2.27. The zero-order valence-corrected chi connectivity index (χ0v) is 14.7. The maximum absolute atomic E-state index is 11.0. The van der Waals surface area contributed by atoms with Gasteiger partial charge in [0, 0.05) is 18.0 Å². The SMILES string of the molecule is COc1ccc2nc(/C=C/c3ccc(NC(C)=O)cc3)cc(Cl)c2c1. The van der Waals surface area contributed by atoms with Gasteiger partial charge in [0.05, 0.1) is 23.3 Å². The normalized spacial score (nSPS) is 11.0. The minimum Gasteiger partial charge on any atom is -0.497 e. The van der Waals surface area contributed by atoms with E-state index in [4.69, 9.17) is 16.3 Å². The molecule has 126 valence electrons. The van der Waals surface area contributed by atoms with Crippen LogP contribution < -0.4 is 10.1 Å². The number of halogens is 1. The molecule has 0 aliphatic rings. The van der Waals surface area contributed by atoms with Crippen molar-refractivity contribution in [1.29, 1.82) is 0 Å². The lowest BCUT2D eigenvalue weighted by Gasteiger charge is -2.05. The van der Waals surface area contributed by atoms with Gasteiger partial charge >= 0.3 is 0 Å². The van der Waals surface area contributed by atoms with Gasteiger partial charge in [-0.05, 0) is 48.0 Å². The highest BCUT2D eigenvalue weighted by Gasteiger charge is 2.04.